The minimum absolute atomic E-state index is 0.405. The Labute approximate surface area is 273 Å². The van der Waals surface area contributed by atoms with E-state index in [0.29, 0.717) is 38.2 Å². The van der Waals surface area contributed by atoms with Crippen LogP contribution < -0.4 is 26.5 Å². The third kappa shape index (κ3) is 8.98. The van der Waals surface area contributed by atoms with Gasteiger partial charge in [-0.05, 0) is 96.9 Å². The Morgan fingerprint density at radius 2 is 0.891 bits per heavy atom. The number of rotatable bonds is 13. The molecule has 46 heavy (non-hydrogen) atoms. The summed E-state index contributed by atoms with van der Waals surface area (Å²) in [7, 11) is -17.8. The van der Waals surface area contributed by atoms with Crippen LogP contribution in [0.15, 0.2) is 117 Å². The van der Waals surface area contributed by atoms with E-state index < -0.39 is 72.2 Å². The summed E-state index contributed by atoms with van der Waals surface area (Å²) in [5, 5.41) is 15.9. The summed E-state index contributed by atoms with van der Waals surface area (Å²) in [4.78, 5) is -0.969. The summed E-state index contributed by atoms with van der Waals surface area (Å²) in [6.07, 6.45) is 0. The molecule has 0 bridgehead atoms. The van der Waals surface area contributed by atoms with Crippen molar-refractivity contribution in [3.63, 3.8) is 0 Å². The second-order valence-corrected chi connectivity index (χ2v) is 19.9. The van der Waals surface area contributed by atoms with Crippen LogP contribution in [-0.4, -0.2) is 50.2 Å². The van der Waals surface area contributed by atoms with E-state index in [9.17, 15) is 44.2 Å². The van der Waals surface area contributed by atoms with Gasteiger partial charge in [0.2, 0.25) is 0 Å². The smallest absolute Gasteiger partial charge is 0.124 e. The quantitative estimate of drug-likeness (QED) is 0.0631. The second-order valence-electron chi connectivity index (χ2n) is 9.79. The van der Waals surface area contributed by atoms with Gasteiger partial charge in [-0.2, -0.15) is 4.33 Å². The molecule has 4 aromatic rings. The van der Waals surface area contributed by atoms with Crippen molar-refractivity contribution in [3.8, 4) is 0 Å². The molecule has 0 saturated heterocycles. The fourth-order valence-electron chi connectivity index (χ4n) is 4.78. The maximum Gasteiger partial charge on any atom is 0.124 e. The van der Waals surface area contributed by atoms with Crippen LogP contribution >= 0.6 is 27.9 Å². The Bertz CT molecular complexity index is 1970. The molecule has 4 rings (SSSR count). The molecule has 0 aliphatic heterocycles. The van der Waals surface area contributed by atoms with Crippen LogP contribution in [-0.2, 0) is 39.7 Å². The maximum absolute atomic E-state index is 12.0. The molecular weight excluding hydrogens is 719 g/mol. The van der Waals surface area contributed by atoms with E-state index in [1.807, 2.05) is 13.8 Å². The molecule has 4 aromatic carbocycles. The zero-order chi connectivity index (χ0) is 33.9. The van der Waals surface area contributed by atoms with Crippen molar-refractivity contribution in [1.29, 1.82) is 0 Å². The zero-order valence-electron chi connectivity index (χ0n) is 23.8. The minimum Gasteiger partial charge on any atom is -0.744 e. The number of benzene rings is 4. The van der Waals surface area contributed by atoms with Crippen LogP contribution in [0.5, 0.6) is 0 Å². The highest BCUT2D eigenvalue weighted by Gasteiger charge is 2.33. The molecule has 0 saturated carbocycles. The molecule has 0 fully saturated rings. The Morgan fingerprint density at radius 3 is 1.22 bits per heavy atom. The predicted octanol–water partition coefficient (Wildman–Crippen LogP) is 1.97. The van der Waals surface area contributed by atoms with Crippen molar-refractivity contribution in [3.05, 3.63) is 97.1 Å². The van der Waals surface area contributed by atoms with Crippen LogP contribution in [0.25, 0.3) is 0 Å². The average Bonchev–Trinajstić information content (AvgIpc) is 2.99. The summed E-state index contributed by atoms with van der Waals surface area (Å²) in [6.45, 7) is 3.70. The van der Waals surface area contributed by atoms with E-state index in [4.69, 9.17) is 0 Å². The summed E-state index contributed by atoms with van der Waals surface area (Å²) >= 11 is 0.643. The molecule has 0 N–H and O–H groups in total. The van der Waals surface area contributed by atoms with E-state index in [-0.39, 0.29) is 0 Å². The Balaban J connectivity index is 1.94. The van der Waals surface area contributed by atoms with Crippen LogP contribution in [0.4, 0.5) is 0 Å². The molecule has 0 heterocycles. The molecule has 0 aromatic heterocycles. The summed E-state index contributed by atoms with van der Waals surface area (Å²) in [6, 6.07) is 23.1. The van der Waals surface area contributed by atoms with E-state index >= 15 is 0 Å². The van der Waals surface area contributed by atoms with E-state index in [1.54, 1.807) is 42.5 Å². The van der Waals surface area contributed by atoms with Crippen molar-refractivity contribution in [2.24, 2.45) is 0 Å². The van der Waals surface area contributed by atoms with E-state index in [2.05, 4.69) is 9.37 Å². The second kappa shape index (κ2) is 14.9. The SMILES string of the molecule is CC(C(C)P(c1cccc(S(=O)(=O)[O-])c1)c1cccc(S(=O)(=O)[O-])c1)P(c1cccc(SOO[O-])c1)c1cccc(S(=O)(=O)[O-])c1. The van der Waals surface area contributed by atoms with Gasteiger partial charge in [-0.3, -0.25) is 5.04 Å². The number of hydrogen-bond donors (Lipinski definition) is 0. The van der Waals surface area contributed by atoms with Gasteiger partial charge in [0.15, 0.2) is 0 Å². The molecule has 3 atom stereocenters. The largest absolute Gasteiger partial charge is 0.744 e. The van der Waals surface area contributed by atoms with E-state index in [0.717, 1.165) is 12.1 Å². The summed E-state index contributed by atoms with van der Waals surface area (Å²) in [5.41, 5.74) is -0.872. The molecule has 0 aliphatic rings. The Hall–Kier alpha value is -2.30. The zero-order valence-corrected chi connectivity index (χ0v) is 28.9. The van der Waals surface area contributed by atoms with Crippen molar-refractivity contribution < 1.29 is 53.5 Å². The van der Waals surface area contributed by atoms with Crippen molar-refractivity contribution in [2.75, 3.05) is 0 Å². The molecule has 0 radical (unpaired) electrons. The molecule has 12 nitrogen and oxygen atoms in total. The highest BCUT2D eigenvalue weighted by Crippen LogP contribution is 2.52. The summed E-state index contributed by atoms with van der Waals surface area (Å²) < 4.78 is 112. The predicted molar refractivity (Wildman–Crippen MR) is 169 cm³/mol. The lowest BCUT2D eigenvalue weighted by molar-refractivity contribution is -0.777. The van der Waals surface area contributed by atoms with Gasteiger partial charge in [-0.15, -0.1) is 0 Å². The van der Waals surface area contributed by atoms with Gasteiger partial charge < -0.3 is 18.9 Å². The molecular formula is C28H24O12P2S4-4. The fraction of sp³-hybridized carbons (Fsp3) is 0.143. The maximum atomic E-state index is 12.0. The highest BCUT2D eigenvalue weighted by molar-refractivity contribution is 7.94. The molecule has 0 amide bonds. The lowest BCUT2D eigenvalue weighted by Gasteiger charge is -2.36. The van der Waals surface area contributed by atoms with Crippen LogP contribution in [0.3, 0.4) is 0 Å². The van der Waals surface area contributed by atoms with Crippen LogP contribution in [0.1, 0.15) is 13.8 Å². The van der Waals surface area contributed by atoms with Gasteiger partial charge in [0.1, 0.15) is 30.4 Å². The molecule has 0 spiro atoms. The Morgan fingerprint density at radius 1 is 0.565 bits per heavy atom. The number of hydrogen-bond acceptors (Lipinski definition) is 13. The first-order valence-electron chi connectivity index (χ1n) is 13.0. The van der Waals surface area contributed by atoms with Crippen molar-refractivity contribution >= 4 is 79.5 Å². The lowest BCUT2D eigenvalue weighted by atomic mass is 10.3. The molecule has 0 aliphatic carbocycles. The first kappa shape index (κ1) is 36.5. The highest BCUT2D eigenvalue weighted by atomic mass is 32.2. The molecule has 18 heteroatoms. The minimum atomic E-state index is -4.87. The van der Waals surface area contributed by atoms with Gasteiger partial charge >= 0.3 is 0 Å². The van der Waals surface area contributed by atoms with Crippen LogP contribution in [0, 0.1) is 0 Å². The van der Waals surface area contributed by atoms with Gasteiger partial charge in [0, 0.05) is 4.90 Å². The molecule has 3 unspecified atom stereocenters. The van der Waals surface area contributed by atoms with Gasteiger partial charge in [0.25, 0.3) is 0 Å². The Kier molecular flexibility index (Phi) is 11.8. The third-order valence-corrected chi connectivity index (χ3v) is 16.1. The third-order valence-electron chi connectivity index (χ3n) is 6.92. The van der Waals surface area contributed by atoms with Gasteiger partial charge in [0.05, 0.1) is 26.7 Å². The van der Waals surface area contributed by atoms with Gasteiger partial charge in [-0.25, -0.2) is 25.3 Å². The standard InChI is InChI=1S/C28H28O12P2S4/c1-19(41(21-7-3-11-25(15-21)43-40-39-29)22-8-4-12-26(16-22)44(30,31)32)20(2)42(23-9-5-13-27(17-23)45(33,34)35)24-10-6-14-28(18-24)46(36,37)38/h3-20,29H,1-2H3,(H,30,31,32)(H,33,34,35)(H,36,37,38)/p-4. The van der Waals surface area contributed by atoms with Crippen LogP contribution in [0.2, 0.25) is 0 Å². The average molecular weight is 743 g/mol. The first-order valence-corrected chi connectivity index (χ1v) is 20.8. The topological polar surface area (TPSA) is 213 Å². The van der Waals surface area contributed by atoms with Crippen molar-refractivity contribution in [1.82, 2.24) is 0 Å². The monoisotopic (exact) mass is 742 g/mol. The van der Waals surface area contributed by atoms with Crippen molar-refractivity contribution in [2.45, 2.75) is 44.7 Å². The molecule has 246 valence electrons. The normalized spacial score (nSPS) is 14.6. The van der Waals surface area contributed by atoms with Gasteiger partial charge in [-0.1, -0.05) is 62.4 Å². The van der Waals surface area contributed by atoms with E-state index in [1.165, 1.54) is 42.5 Å². The lowest BCUT2D eigenvalue weighted by Crippen LogP contribution is -2.32. The fourth-order valence-corrected chi connectivity index (χ4v) is 13.3. The summed E-state index contributed by atoms with van der Waals surface area (Å²) in [5.74, 6) is 0. The first-order chi connectivity index (χ1) is 21.5.